The summed E-state index contributed by atoms with van der Waals surface area (Å²) in [4.78, 5) is 0. The van der Waals surface area contributed by atoms with Crippen LogP contribution in [0.4, 0.5) is 10.1 Å². The summed E-state index contributed by atoms with van der Waals surface area (Å²) in [6.45, 7) is 0.714. The molecule has 2 rings (SSSR count). The van der Waals surface area contributed by atoms with Crippen molar-refractivity contribution in [3.8, 4) is 5.75 Å². The molecule has 0 fully saturated rings. The second-order valence-electron chi connectivity index (χ2n) is 4.18. The van der Waals surface area contributed by atoms with E-state index in [4.69, 9.17) is 16.3 Å². The number of halogens is 2. The van der Waals surface area contributed by atoms with Crippen LogP contribution in [0.25, 0.3) is 0 Å². The fourth-order valence-corrected chi connectivity index (χ4v) is 2.02. The zero-order valence-electron chi connectivity index (χ0n) is 10.6. The van der Waals surface area contributed by atoms with E-state index in [-0.39, 0.29) is 5.82 Å². The molecule has 0 bridgehead atoms. The fourth-order valence-electron chi connectivity index (χ4n) is 1.80. The van der Waals surface area contributed by atoms with Crippen LogP contribution >= 0.6 is 11.6 Å². The van der Waals surface area contributed by atoms with Crippen molar-refractivity contribution in [1.82, 2.24) is 0 Å². The van der Waals surface area contributed by atoms with Crippen LogP contribution in [0.1, 0.15) is 5.56 Å². The van der Waals surface area contributed by atoms with E-state index in [2.05, 4.69) is 5.32 Å². The van der Waals surface area contributed by atoms with Crippen LogP contribution < -0.4 is 10.1 Å². The van der Waals surface area contributed by atoms with Gasteiger partial charge < -0.3 is 10.1 Å². The Bertz CT molecular complexity index is 522. The van der Waals surface area contributed by atoms with Crippen molar-refractivity contribution < 1.29 is 9.13 Å². The van der Waals surface area contributed by atoms with Gasteiger partial charge in [0, 0.05) is 17.3 Å². The summed E-state index contributed by atoms with van der Waals surface area (Å²) < 4.78 is 18.2. The van der Waals surface area contributed by atoms with Gasteiger partial charge >= 0.3 is 0 Å². The highest BCUT2D eigenvalue weighted by Gasteiger charge is 1.99. The average Bonchev–Trinajstić information content (AvgIpc) is 2.38. The highest BCUT2D eigenvalue weighted by atomic mass is 35.5. The lowest BCUT2D eigenvalue weighted by Gasteiger charge is -2.08. The lowest BCUT2D eigenvalue weighted by molar-refractivity contribution is 0.414. The smallest absolute Gasteiger partial charge is 0.126 e. The molecule has 0 saturated carbocycles. The first-order valence-electron chi connectivity index (χ1n) is 6.00. The molecular weight excluding hydrogens is 265 g/mol. The van der Waals surface area contributed by atoms with Gasteiger partial charge in [0.2, 0.25) is 0 Å². The highest BCUT2D eigenvalue weighted by molar-refractivity contribution is 6.30. The summed E-state index contributed by atoms with van der Waals surface area (Å²) in [5, 5.41) is 3.54. The van der Waals surface area contributed by atoms with E-state index in [1.807, 2.05) is 24.3 Å². The summed E-state index contributed by atoms with van der Waals surface area (Å²) in [5.41, 5.74) is 1.88. The van der Waals surface area contributed by atoms with Crippen LogP contribution in [0.5, 0.6) is 5.75 Å². The number of nitrogens with one attached hydrogen (secondary N) is 1. The molecule has 0 aliphatic heterocycles. The summed E-state index contributed by atoms with van der Waals surface area (Å²) in [7, 11) is 1.64. The Morgan fingerprint density at radius 1 is 1.16 bits per heavy atom. The second-order valence-corrected chi connectivity index (χ2v) is 4.62. The van der Waals surface area contributed by atoms with Crippen molar-refractivity contribution in [2.75, 3.05) is 19.0 Å². The number of methoxy groups -OCH3 is 1. The second kappa shape index (κ2) is 6.43. The number of anilines is 1. The molecule has 0 heterocycles. The first kappa shape index (κ1) is 13.7. The Hall–Kier alpha value is -1.74. The Labute approximate surface area is 117 Å². The van der Waals surface area contributed by atoms with Crippen molar-refractivity contribution in [1.29, 1.82) is 0 Å². The maximum absolute atomic E-state index is 13.1. The normalized spacial score (nSPS) is 10.3. The van der Waals surface area contributed by atoms with Crippen molar-refractivity contribution in [2.24, 2.45) is 0 Å². The molecule has 2 nitrogen and oxygen atoms in total. The van der Waals surface area contributed by atoms with Crippen molar-refractivity contribution in [3.63, 3.8) is 0 Å². The van der Waals surface area contributed by atoms with Gasteiger partial charge in [-0.05, 0) is 42.3 Å². The molecule has 2 aromatic rings. The number of ether oxygens (including phenoxy) is 1. The van der Waals surface area contributed by atoms with Gasteiger partial charge in [0.15, 0.2) is 0 Å². The molecule has 2 aromatic carbocycles. The molecule has 0 aromatic heterocycles. The first-order chi connectivity index (χ1) is 9.17. The summed E-state index contributed by atoms with van der Waals surface area (Å²) in [6, 6.07) is 12.3. The zero-order chi connectivity index (χ0) is 13.7. The third kappa shape index (κ3) is 4.14. The van der Waals surface area contributed by atoms with Gasteiger partial charge in [0.1, 0.15) is 11.6 Å². The van der Waals surface area contributed by atoms with E-state index < -0.39 is 0 Å². The Balaban J connectivity index is 1.88. The van der Waals surface area contributed by atoms with E-state index in [0.29, 0.717) is 17.3 Å². The average molecular weight is 280 g/mol. The fraction of sp³-hybridized carbons (Fsp3) is 0.200. The molecule has 0 saturated heterocycles. The van der Waals surface area contributed by atoms with Crippen LogP contribution in [-0.2, 0) is 6.42 Å². The van der Waals surface area contributed by atoms with Crippen molar-refractivity contribution >= 4 is 17.3 Å². The lowest BCUT2D eigenvalue weighted by atomic mass is 10.1. The maximum Gasteiger partial charge on any atom is 0.126 e. The predicted octanol–water partition coefficient (Wildman–Crippen LogP) is 4.14. The summed E-state index contributed by atoms with van der Waals surface area (Å²) in [5.74, 6) is 0.507. The summed E-state index contributed by atoms with van der Waals surface area (Å²) >= 11 is 5.79. The highest BCUT2D eigenvalue weighted by Crippen LogP contribution is 2.18. The predicted molar refractivity (Wildman–Crippen MR) is 76.6 cm³/mol. The summed E-state index contributed by atoms with van der Waals surface area (Å²) in [6.07, 6.45) is 0.845. The van der Waals surface area contributed by atoms with Crippen LogP contribution in [0.15, 0.2) is 42.5 Å². The zero-order valence-corrected chi connectivity index (χ0v) is 11.4. The number of benzene rings is 2. The molecule has 0 aliphatic carbocycles. The van der Waals surface area contributed by atoms with Crippen molar-refractivity contribution in [3.05, 3.63) is 58.9 Å². The minimum absolute atomic E-state index is 0.334. The minimum Gasteiger partial charge on any atom is -0.497 e. The van der Waals surface area contributed by atoms with Gasteiger partial charge in [-0.1, -0.05) is 23.7 Å². The molecule has 1 N–H and O–H groups in total. The molecule has 4 heteroatoms. The monoisotopic (exact) mass is 279 g/mol. The molecule has 100 valence electrons. The molecule has 0 atom stereocenters. The minimum atomic E-state index is -0.334. The van der Waals surface area contributed by atoms with E-state index in [9.17, 15) is 4.39 Å². The molecule has 0 radical (unpaired) electrons. The Morgan fingerprint density at radius 3 is 2.53 bits per heavy atom. The van der Waals surface area contributed by atoms with E-state index >= 15 is 0 Å². The largest absolute Gasteiger partial charge is 0.497 e. The Kier molecular flexibility index (Phi) is 4.63. The van der Waals surface area contributed by atoms with Gasteiger partial charge in [0.25, 0.3) is 0 Å². The molecule has 0 unspecified atom stereocenters. The number of rotatable bonds is 5. The lowest BCUT2D eigenvalue weighted by Crippen LogP contribution is -2.05. The van der Waals surface area contributed by atoms with Crippen LogP contribution in [-0.4, -0.2) is 13.7 Å². The molecular formula is C15H15ClFNO. The molecule has 0 amide bonds. The third-order valence-corrected chi connectivity index (χ3v) is 2.98. The van der Waals surface area contributed by atoms with Gasteiger partial charge in [-0.3, -0.25) is 0 Å². The Morgan fingerprint density at radius 2 is 1.89 bits per heavy atom. The van der Waals surface area contributed by atoms with E-state index in [1.165, 1.54) is 17.7 Å². The van der Waals surface area contributed by atoms with Crippen LogP contribution in [0.3, 0.4) is 0 Å². The van der Waals surface area contributed by atoms with Crippen molar-refractivity contribution in [2.45, 2.75) is 6.42 Å². The van der Waals surface area contributed by atoms with E-state index in [0.717, 1.165) is 12.2 Å². The molecule has 19 heavy (non-hydrogen) atoms. The quantitative estimate of drug-likeness (QED) is 0.888. The number of hydrogen-bond acceptors (Lipinski definition) is 2. The van der Waals surface area contributed by atoms with Gasteiger partial charge in [-0.15, -0.1) is 0 Å². The first-order valence-corrected chi connectivity index (χ1v) is 6.38. The molecule has 0 aliphatic rings. The number of hydrogen-bond donors (Lipinski definition) is 1. The van der Waals surface area contributed by atoms with E-state index in [1.54, 1.807) is 13.2 Å². The van der Waals surface area contributed by atoms with Crippen LogP contribution in [0, 0.1) is 5.82 Å². The standard InChI is InChI=1S/C15H15ClFNO/c1-19-15-4-2-11(3-5-15)6-7-18-14-9-12(16)8-13(17)10-14/h2-5,8-10,18H,6-7H2,1H3. The molecule has 0 spiro atoms. The topological polar surface area (TPSA) is 21.3 Å². The van der Waals surface area contributed by atoms with Gasteiger partial charge in [-0.25, -0.2) is 4.39 Å². The SMILES string of the molecule is COc1ccc(CCNc2cc(F)cc(Cl)c2)cc1. The van der Waals surface area contributed by atoms with Crippen LogP contribution in [0.2, 0.25) is 5.02 Å². The van der Waals surface area contributed by atoms with Gasteiger partial charge in [0.05, 0.1) is 7.11 Å². The third-order valence-electron chi connectivity index (χ3n) is 2.76. The maximum atomic E-state index is 13.1. The van der Waals surface area contributed by atoms with Gasteiger partial charge in [-0.2, -0.15) is 0 Å².